The highest BCUT2D eigenvalue weighted by molar-refractivity contribution is 5.85. The Hall–Kier alpha value is -1.40. The summed E-state index contributed by atoms with van der Waals surface area (Å²) in [5.41, 5.74) is 9.67. The predicted molar refractivity (Wildman–Crippen MR) is 57.9 cm³/mol. The maximum Gasteiger partial charge on any atom is 0.240 e. The van der Waals surface area contributed by atoms with E-state index in [1.165, 1.54) is 0 Å². The van der Waals surface area contributed by atoms with E-state index in [-0.39, 0.29) is 11.9 Å². The highest BCUT2D eigenvalue weighted by Gasteiger charge is 2.22. The molecule has 1 saturated heterocycles. The van der Waals surface area contributed by atoms with Crippen molar-refractivity contribution in [3.05, 3.63) is 12.7 Å². The van der Waals surface area contributed by atoms with Crippen LogP contribution in [0, 0.1) is 0 Å². The van der Waals surface area contributed by atoms with Crippen molar-refractivity contribution in [1.82, 2.24) is 10.2 Å². The van der Waals surface area contributed by atoms with Gasteiger partial charge in [0.15, 0.2) is 0 Å². The molecule has 0 aromatic heterocycles. The first-order valence-electron chi connectivity index (χ1n) is 4.61. The normalized spacial score (nSPS) is 21.0. The molecule has 1 unspecified atom stereocenters. The van der Waals surface area contributed by atoms with E-state index < -0.39 is 5.91 Å². The van der Waals surface area contributed by atoms with Gasteiger partial charge in [0.25, 0.3) is 0 Å². The Labute approximate surface area is 89.3 Å². The molecule has 0 saturated carbocycles. The first-order chi connectivity index (χ1) is 6.99. The van der Waals surface area contributed by atoms with Crippen LogP contribution in [0.5, 0.6) is 0 Å². The minimum atomic E-state index is -0.481. The number of carbonyl (C=O) groups is 2. The summed E-state index contributed by atoms with van der Waals surface area (Å²) in [6, 6.07) is -0.117. The topological polar surface area (TPSA) is 101 Å². The summed E-state index contributed by atoms with van der Waals surface area (Å²) in [6.07, 6.45) is 1.06. The molecule has 5 N–H and O–H groups in total. The monoisotopic (exact) mass is 214 g/mol. The Balaban J connectivity index is 0.000000336. The smallest absolute Gasteiger partial charge is 0.240 e. The van der Waals surface area contributed by atoms with E-state index in [0.29, 0.717) is 6.54 Å². The van der Waals surface area contributed by atoms with Gasteiger partial charge in [-0.15, -0.1) is 0 Å². The lowest BCUT2D eigenvalue weighted by molar-refractivity contribution is -0.123. The van der Waals surface area contributed by atoms with Crippen molar-refractivity contribution in [2.75, 3.05) is 26.7 Å². The second-order valence-corrected chi connectivity index (χ2v) is 3.21. The third-order valence-electron chi connectivity index (χ3n) is 2.04. The highest BCUT2D eigenvalue weighted by Crippen LogP contribution is 1.97. The van der Waals surface area contributed by atoms with Crippen molar-refractivity contribution in [2.45, 2.75) is 6.04 Å². The van der Waals surface area contributed by atoms with Crippen LogP contribution in [0.2, 0.25) is 0 Å². The van der Waals surface area contributed by atoms with Crippen molar-refractivity contribution >= 4 is 11.8 Å². The van der Waals surface area contributed by atoms with Crippen LogP contribution >= 0.6 is 0 Å². The lowest BCUT2D eigenvalue weighted by Crippen LogP contribution is -2.55. The van der Waals surface area contributed by atoms with Gasteiger partial charge < -0.3 is 16.8 Å². The molecule has 0 aromatic carbocycles. The lowest BCUT2D eigenvalue weighted by atomic mass is 10.2. The van der Waals surface area contributed by atoms with Crippen LogP contribution in [0.1, 0.15) is 0 Å². The van der Waals surface area contributed by atoms with Crippen LogP contribution < -0.4 is 16.8 Å². The Bertz CT molecular complexity index is 242. The number of nitrogens with one attached hydrogen (secondary N) is 1. The number of hydrogen-bond donors (Lipinski definition) is 3. The van der Waals surface area contributed by atoms with Crippen LogP contribution in [0.3, 0.4) is 0 Å². The number of hydrogen-bond acceptors (Lipinski definition) is 4. The molecule has 0 aromatic rings. The SMILES string of the molecule is C=CC(N)=O.CN1CCNCC1C(N)=O. The maximum absolute atomic E-state index is 10.7. The number of nitrogens with zero attached hydrogens (tertiary/aromatic N) is 1. The highest BCUT2D eigenvalue weighted by atomic mass is 16.1. The molecule has 0 radical (unpaired) electrons. The molecule has 0 aliphatic carbocycles. The average molecular weight is 214 g/mol. The summed E-state index contributed by atoms with van der Waals surface area (Å²) in [4.78, 5) is 22.1. The molecule has 1 heterocycles. The fraction of sp³-hybridized carbons (Fsp3) is 0.556. The standard InChI is InChI=1S/C6H13N3O.C3H5NO/c1-9-3-2-8-4-5(9)6(7)10;1-2-3(4)5/h5,8H,2-4H2,1H3,(H2,7,10);2H,1H2,(H2,4,5). The Kier molecular flexibility index (Phi) is 6.32. The van der Waals surface area contributed by atoms with Crippen LogP contribution in [-0.2, 0) is 9.59 Å². The quantitative estimate of drug-likeness (QED) is 0.464. The molecule has 6 heteroatoms. The van der Waals surface area contributed by atoms with Gasteiger partial charge in [-0.3, -0.25) is 14.5 Å². The van der Waals surface area contributed by atoms with Gasteiger partial charge in [0, 0.05) is 19.6 Å². The summed E-state index contributed by atoms with van der Waals surface area (Å²) in [6.45, 7) is 5.61. The molecule has 1 atom stereocenters. The van der Waals surface area contributed by atoms with Crippen molar-refractivity contribution in [2.24, 2.45) is 11.5 Å². The number of carbonyl (C=O) groups excluding carboxylic acids is 2. The molecule has 1 aliphatic heterocycles. The molecule has 86 valence electrons. The van der Waals surface area contributed by atoms with E-state index in [1.54, 1.807) is 0 Å². The summed E-state index contributed by atoms with van der Waals surface area (Å²) in [5.74, 6) is -0.722. The van der Waals surface area contributed by atoms with Crippen molar-refractivity contribution in [1.29, 1.82) is 0 Å². The van der Waals surface area contributed by atoms with Gasteiger partial charge in [0.1, 0.15) is 6.04 Å². The van der Waals surface area contributed by atoms with Gasteiger partial charge in [-0.1, -0.05) is 6.58 Å². The molecule has 1 fully saturated rings. The number of likely N-dealkylation sites (N-methyl/N-ethyl adjacent to an activating group) is 1. The Morgan fingerprint density at radius 3 is 2.33 bits per heavy atom. The first kappa shape index (κ1) is 13.6. The number of primary amides is 2. The summed E-state index contributed by atoms with van der Waals surface area (Å²) >= 11 is 0. The van der Waals surface area contributed by atoms with E-state index in [4.69, 9.17) is 5.73 Å². The fourth-order valence-electron chi connectivity index (χ4n) is 1.12. The van der Waals surface area contributed by atoms with E-state index in [0.717, 1.165) is 19.2 Å². The number of rotatable bonds is 2. The van der Waals surface area contributed by atoms with Crippen molar-refractivity contribution < 1.29 is 9.59 Å². The van der Waals surface area contributed by atoms with Crippen LogP contribution in [-0.4, -0.2) is 49.4 Å². The van der Waals surface area contributed by atoms with E-state index >= 15 is 0 Å². The summed E-state index contributed by atoms with van der Waals surface area (Å²) in [5, 5.41) is 3.10. The predicted octanol–water partition coefficient (Wildman–Crippen LogP) is -1.97. The first-order valence-corrected chi connectivity index (χ1v) is 4.61. The second kappa shape index (κ2) is 6.97. The van der Waals surface area contributed by atoms with Crippen LogP contribution in [0.4, 0.5) is 0 Å². The lowest BCUT2D eigenvalue weighted by Gasteiger charge is -2.30. The largest absolute Gasteiger partial charge is 0.368 e. The van der Waals surface area contributed by atoms with Gasteiger partial charge in [-0.2, -0.15) is 0 Å². The Morgan fingerprint density at radius 1 is 1.53 bits per heavy atom. The van der Waals surface area contributed by atoms with Gasteiger partial charge in [-0.25, -0.2) is 0 Å². The van der Waals surface area contributed by atoms with Crippen molar-refractivity contribution in [3.63, 3.8) is 0 Å². The minimum absolute atomic E-state index is 0.117. The van der Waals surface area contributed by atoms with E-state index in [2.05, 4.69) is 17.6 Å². The fourth-order valence-corrected chi connectivity index (χ4v) is 1.12. The molecule has 15 heavy (non-hydrogen) atoms. The zero-order chi connectivity index (χ0) is 11.8. The van der Waals surface area contributed by atoms with Crippen LogP contribution in [0.15, 0.2) is 12.7 Å². The number of nitrogens with two attached hydrogens (primary N) is 2. The van der Waals surface area contributed by atoms with E-state index in [9.17, 15) is 9.59 Å². The number of amides is 2. The molecule has 0 spiro atoms. The van der Waals surface area contributed by atoms with Gasteiger partial charge >= 0.3 is 0 Å². The second-order valence-electron chi connectivity index (χ2n) is 3.21. The average Bonchev–Trinajstić information content (AvgIpc) is 2.19. The summed E-state index contributed by atoms with van der Waals surface area (Å²) in [7, 11) is 1.91. The maximum atomic E-state index is 10.7. The summed E-state index contributed by atoms with van der Waals surface area (Å²) < 4.78 is 0. The molecule has 6 nitrogen and oxygen atoms in total. The van der Waals surface area contributed by atoms with Gasteiger partial charge in [0.05, 0.1) is 0 Å². The molecule has 2 amide bonds. The van der Waals surface area contributed by atoms with Crippen molar-refractivity contribution in [3.8, 4) is 0 Å². The van der Waals surface area contributed by atoms with Gasteiger partial charge in [-0.05, 0) is 13.1 Å². The molecular formula is C9H18N4O2. The Morgan fingerprint density at radius 2 is 2.07 bits per heavy atom. The molecule has 1 rings (SSSR count). The van der Waals surface area contributed by atoms with E-state index in [1.807, 2.05) is 11.9 Å². The third-order valence-corrected chi connectivity index (χ3v) is 2.04. The number of piperazine rings is 1. The van der Waals surface area contributed by atoms with Gasteiger partial charge in [0.2, 0.25) is 11.8 Å². The zero-order valence-electron chi connectivity index (χ0n) is 8.90. The van der Waals surface area contributed by atoms with Crippen LogP contribution in [0.25, 0.3) is 0 Å². The molecule has 1 aliphatic rings. The molecular weight excluding hydrogens is 196 g/mol. The minimum Gasteiger partial charge on any atom is -0.368 e. The third kappa shape index (κ3) is 5.82. The molecule has 0 bridgehead atoms. The zero-order valence-corrected chi connectivity index (χ0v) is 8.90.